The van der Waals surface area contributed by atoms with Crippen molar-refractivity contribution in [1.29, 1.82) is 0 Å². The van der Waals surface area contributed by atoms with Crippen LogP contribution in [0.2, 0.25) is 0 Å². The Morgan fingerprint density at radius 3 is 2.83 bits per heavy atom. The van der Waals surface area contributed by atoms with Crippen molar-refractivity contribution >= 4 is 5.57 Å². The van der Waals surface area contributed by atoms with Gasteiger partial charge in [0, 0.05) is 5.57 Å². The molecule has 66 valence electrons. The molecule has 1 aromatic heterocycles. The zero-order valence-electron chi connectivity index (χ0n) is 6.82. The van der Waals surface area contributed by atoms with Gasteiger partial charge in [-0.2, -0.15) is 0 Å². The quantitative estimate of drug-likeness (QED) is 0.670. The Balaban J connectivity index is 2.84. The topological polar surface area (TPSA) is 85.2 Å². The molecule has 0 spiro atoms. The maximum Gasteiger partial charge on any atom is 0.242 e. The van der Waals surface area contributed by atoms with Gasteiger partial charge in [0.25, 0.3) is 0 Å². The molecule has 0 bridgehead atoms. The molecule has 12 heavy (non-hydrogen) atoms. The fourth-order valence-electron chi connectivity index (χ4n) is 0.635. The molecule has 0 aliphatic carbocycles. The third-order valence-electron chi connectivity index (χ3n) is 1.32. The Hall–Kier alpha value is -1.20. The summed E-state index contributed by atoms with van der Waals surface area (Å²) in [7, 11) is 0. The Morgan fingerprint density at radius 2 is 2.42 bits per heavy atom. The molecule has 0 amide bonds. The van der Waals surface area contributed by atoms with Crippen LogP contribution < -0.4 is 5.73 Å². The van der Waals surface area contributed by atoms with E-state index in [-0.39, 0.29) is 12.5 Å². The third-order valence-corrected chi connectivity index (χ3v) is 1.32. The van der Waals surface area contributed by atoms with E-state index in [4.69, 9.17) is 15.3 Å². The first-order valence-electron chi connectivity index (χ1n) is 3.51. The van der Waals surface area contributed by atoms with E-state index < -0.39 is 6.04 Å². The highest BCUT2D eigenvalue weighted by molar-refractivity contribution is 5.51. The average molecular weight is 169 g/mol. The Kier molecular flexibility index (Phi) is 2.57. The van der Waals surface area contributed by atoms with E-state index >= 15 is 0 Å². The highest BCUT2D eigenvalue weighted by Gasteiger charge is 2.12. The lowest BCUT2D eigenvalue weighted by Gasteiger charge is -1.99. The van der Waals surface area contributed by atoms with E-state index in [1.54, 1.807) is 6.92 Å². The van der Waals surface area contributed by atoms with Crippen molar-refractivity contribution < 1.29 is 9.52 Å². The molecule has 5 nitrogen and oxygen atoms in total. The van der Waals surface area contributed by atoms with Gasteiger partial charge in [-0.3, -0.25) is 0 Å². The molecule has 3 N–H and O–H groups in total. The Bertz CT molecular complexity index is 282. The SMILES string of the molecule is C=C(C)c1nnc(C(N)CO)o1. The van der Waals surface area contributed by atoms with E-state index in [0.29, 0.717) is 11.5 Å². The minimum absolute atomic E-state index is 0.210. The number of hydrogen-bond donors (Lipinski definition) is 2. The van der Waals surface area contributed by atoms with Crippen LogP contribution in [0.5, 0.6) is 0 Å². The van der Waals surface area contributed by atoms with Crippen LogP contribution in [0.4, 0.5) is 0 Å². The van der Waals surface area contributed by atoms with Gasteiger partial charge in [-0.25, -0.2) is 0 Å². The smallest absolute Gasteiger partial charge is 0.242 e. The maximum atomic E-state index is 8.66. The third kappa shape index (κ3) is 1.69. The average Bonchev–Trinajstić information content (AvgIpc) is 2.51. The second-order valence-electron chi connectivity index (χ2n) is 2.51. The van der Waals surface area contributed by atoms with Gasteiger partial charge in [0.1, 0.15) is 6.04 Å². The van der Waals surface area contributed by atoms with Gasteiger partial charge in [-0.05, 0) is 6.92 Å². The minimum Gasteiger partial charge on any atom is -0.419 e. The van der Waals surface area contributed by atoms with Gasteiger partial charge in [-0.15, -0.1) is 10.2 Å². The first kappa shape index (κ1) is 8.89. The lowest BCUT2D eigenvalue weighted by molar-refractivity contribution is 0.247. The molecule has 0 saturated carbocycles. The largest absolute Gasteiger partial charge is 0.419 e. The van der Waals surface area contributed by atoms with E-state index in [0.717, 1.165) is 0 Å². The summed E-state index contributed by atoms with van der Waals surface area (Å²) in [5.41, 5.74) is 6.11. The number of aliphatic hydroxyl groups excluding tert-OH is 1. The van der Waals surface area contributed by atoms with Crippen molar-refractivity contribution in [2.75, 3.05) is 6.61 Å². The van der Waals surface area contributed by atoms with Gasteiger partial charge >= 0.3 is 0 Å². The first-order chi connectivity index (χ1) is 5.65. The number of aliphatic hydroxyl groups is 1. The fourth-order valence-corrected chi connectivity index (χ4v) is 0.635. The Labute approximate surface area is 69.9 Å². The summed E-state index contributed by atoms with van der Waals surface area (Å²) in [4.78, 5) is 0. The molecule has 1 heterocycles. The van der Waals surface area contributed by atoms with Crippen LogP contribution in [0.1, 0.15) is 24.7 Å². The van der Waals surface area contributed by atoms with Crippen LogP contribution in [0.25, 0.3) is 5.57 Å². The molecule has 0 saturated heterocycles. The van der Waals surface area contributed by atoms with Gasteiger partial charge < -0.3 is 15.3 Å². The Morgan fingerprint density at radius 1 is 1.75 bits per heavy atom. The number of aromatic nitrogens is 2. The van der Waals surface area contributed by atoms with E-state index in [9.17, 15) is 0 Å². The van der Waals surface area contributed by atoms with E-state index in [2.05, 4.69) is 16.8 Å². The number of rotatable bonds is 3. The van der Waals surface area contributed by atoms with Crippen LogP contribution in [-0.2, 0) is 0 Å². The highest BCUT2D eigenvalue weighted by Crippen LogP contribution is 2.12. The molecular formula is C7H11N3O2. The lowest BCUT2D eigenvalue weighted by Crippen LogP contribution is -2.14. The number of nitrogens with zero attached hydrogens (tertiary/aromatic N) is 2. The second-order valence-corrected chi connectivity index (χ2v) is 2.51. The first-order valence-corrected chi connectivity index (χ1v) is 3.51. The van der Waals surface area contributed by atoms with Crippen LogP contribution in [0.15, 0.2) is 11.0 Å². The van der Waals surface area contributed by atoms with Crippen molar-refractivity contribution in [2.45, 2.75) is 13.0 Å². The predicted molar refractivity (Wildman–Crippen MR) is 43.0 cm³/mol. The lowest BCUT2D eigenvalue weighted by atomic mass is 10.3. The molecule has 0 aliphatic heterocycles. The van der Waals surface area contributed by atoms with Crippen molar-refractivity contribution in [3.8, 4) is 0 Å². The van der Waals surface area contributed by atoms with Gasteiger partial charge in [0.2, 0.25) is 11.8 Å². The van der Waals surface area contributed by atoms with Crippen LogP contribution >= 0.6 is 0 Å². The molecule has 0 aliphatic rings. The number of nitrogens with two attached hydrogens (primary N) is 1. The minimum atomic E-state index is -0.606. The van der Waals surface area contributed by atoms with Crippen LogP contribution in [0, 0.1) is 0 Å². The maximum absolute atomic E-state index is 8.66. The molecule has 0 aromatic carbocycles. The molecule has 1 unspecified atom stereocenters. The summed E-state index contributed by atoms with van der Waals surface area (Å²) in [5, 5.41) is 16.0. The highest BCUT2D eigenvalue weighted by atomic mass is 16.4. The summed E-state index contributed by atoms with van der Waals surface area (Å²) >= 11 is 0. The monoisotopic (exact) mass is 169 g/mol. The summed E-state index contributed by atoms with van der Waals surface area (Å²) in [6.07, 6.45) is 0. The molecule has 1 rings (SSSR count). The van der Waals surface area contributed by atoms with Crippen molar-refractivity contribution in [1.82, 2.24) is 10.2 Å². The molecule has 1 aromatic rings. The normalized spacial score (nSPS) is 12.9. The van der Waals surface area contributed by atoms with E-state index in [1.807, 2.05) is 0 Å². The molecule has 1 atom stereocenters. The number of allylic oxidation sites excluding steroid dienone is 1. The summed E-state index contributed by atoms with van der Waals surface area (Å²) in [5.74, 6) is 0.587. The van der Waals surface area contributed by atoms with E-state index in [1.165, 1.54) is 0 Å². The fraction of sp³-hybridized carbons (Fsp3) is 0.429. The molecular weight excluding hydrogens is 158 g/mol. The summed E-state index contributed by atoms with van der Waals surface area (Å²) in [6.45, 7) is 5.17. The van der Waals surface area contributed by atoms with Crippen molar-refractivity contribution in [3.05, 3.63) is 18.4 Å². The number of hydrogen-bond acceptors (Lipinski definition) is 5. The van der Waals surface area contributed by atoms with Crippen molar-refractivity contribution in [2.24, 2.45) is 5.73 Å². The van der Waals surface area contributed by atoms with Crippen LogP contribution in [-0.4, -0.2) is 21.9 Å². The summed E-state index contributed by atoms with van der Waals surface area (Å²) < 4.78 is 5.09. The van der Waals surface area contributed by atoms with Crippen LogP contribution in [0.3, 0.4) is 0 Å². The molecule has 5 heteroatoms. The predicted octanol–water partition coefficient (Wildman–Crippen LogP) is 0.0948. The summed E-state index contributed by atoms with van der Waals surface area (Å²) in [6, 6.07) is -0.606. The van der Waals surface area contributed by atoms with Gasteiger partial charge in [0.05, 0.1) is 6.61 Å². The second kappa shape index (κ2) is 3.46. The molecule has 0 radical (unpaired) electrons. The zero-order chi connectivity index (χ0) is 9.14. The molecule has 0 fully saturated rings. The standard InChI is InChI=1S/C7H11N3O2/c1-4(2)6-9-10-7(12-6)5(8)3-11/h5,11H,1,3,8H2,2H3. The van der Waals surface area contributed by atoms with Crippen molar-refractivity contribution in [3.63, 3.8) is 0 Å². The zero-order valence-corrected chi connectivity index (χ0v) is 6.82. The van der Waals surface area contributed by atoms with Gasteiger partial charge in [0.15, 0.2) is 0 Å². The van der Waals surface area contributed by atoms with Gasteiger partial charge in [-0.1, -0.05) is 6.58 Å².